The van der Waals surface area contributed by atoms with Crippen molar-refractivity contribution in [2.75, 3.05) is 4.90 Å². The molecule has 0 aliphatic carbocycles. The summed E-state index contributed by atoms with van der Waals surface area (Å²) in [4.78, 5) is 25.1. The molecule has 2 heterocycles. The molecule has 1 amide bonds. The number of hydrogen-bond donors (Lipinski definition) is 0. The van der Waals surface area contributed by atoms with Gasteiger partial charge < -0.3 is 14.3 Å². The van der Waals surface area contributed by atoms with E-state index in [-0.39, 0.29) is 11.5 Å². The number of furan rings is 1. The lowest BCUT2D eigenvalue weighted by Gasteiger charge is -2.15. The molecule has 0 radical (unpaired) electrons. The molecule has 1 aromatic heterocycles. The largest absolute Gasteiger partial charge is 0.545 e. The van der Waals surface area contributed by atoms with Crippen LogP contribution in [-0.4, -0.2) is 16.2 Å². The Morgan fingerprint density at radius 2 is 1.96 bits per heavy atom. The lowest BCUT2D eigenvalue weighted by molar-refractivity contribution is -0.255. The number of carboxylic acid groups (broad SMARTS) is 1. The summed E-state index contributed by atoms with van der Waals surface area (Å²) in [6, 6.07) is 9.39. The SMILES string of the molecule is Cc1ccc(/C=C2\SC(=S)N(c3ccc(C(=O)[O-])cc3)C2=O)o1. The van der Waals surface area contributed by atoms with Crippen LogP contribution in [0.1, 0.15) is 21.9 Å². The molecule has 3 rings (SSSR count). The number of aromatic carboxylic acids is 1. The Hall–Kier alpha value is -2.38. The number of thioether (sulfide) groups is 1. The monoisotopic (exact) mass is 344 g/mol. The van der Waals surface area contributed by atoms with Crippen LogP contribution in [0, 0.1) is 6.92 Å². The topological polar surface area (TPSA) is 73.6 Å². The molecule has 0 unspecified atom stereocenters. The zero-order valence-corrected chi connectivity index (χ0v) is 13.6. The predicted octanol–water partition coefficient (Wildman–Crippen LogP) is 2.36. The second-order valence-corrected chi connectivity index (χ2v) is 6.48. The van der Waals surface area contributed by atoms with Gasteiger partial charge in [0.2, 0.25) is 0 Å². The zero-order chi connectivity index (χ0) is 16.6. The summed E-state index contributed by atoms with van der Waals surface area (Å²) >= 11 is 6.42. The van der Waals surface area contributed by atoms with Gasteiger partial charge in [0.15, 0.2) is 4.32 Å². The molecule has 2 aromatic rings. The van der Waals surface area contributed by atoms with Crippen LogP contribution in [0.5, 0.6) is 0 Å². The number of rotatable bonds is 3. The van der Waals surface area contributed by atoms with E-state index < -0.39 is 5.97 Å². The molecule has 5 nitrogen and oxygen atoms in total. The molecule has 1 aromatic carbocycles. The lowest BCUT2D eigenvalue weighted by Crippen LogP contribution is -2.28. The summed E-state index contributed by atoms with van der Waals surface area (Å²) in [6.07, 6.45) is 1.64. The van der Waals surface area contributed by atoms with E-state index in [0.717, 1.165) is 5.76 Å². The number of amides is 1. The first-order chi connectivity index (χ1) is 11.0. The molecular weight excluding hydrogens is 334 g/mol. The van der Waals surface area contributed by atoms with Gasteiger partial charge in [-0.2, -0.15) is 0 Å². The Morgan fingerprint density at radius 1 is 1.26 bits per heavy atom. The third-order valence-electron chi connectivity index (χ3n) is 3.19. The number of anilines is 1. The zero-order valence-electron chi connectivity index (χ0n) is 11.9. The molecule has 0 spiro atoms. The Kier molecular flexibility index (Phi) is 4.06. The third kappa shape index (κ3) is 3.06. The fraction of sp³-hybridized carbons (Fsp3) is 0.0625. The van der Waals surface area contributed by atoms with Crippen LogP contribution >= 0.6 is 24.0 Å². The van der Waals surface area contributed by atoms with Gasteiger partial charge in [-0.25, -0.2) is 0 Å². The second kappa shape index (κ2) is 6.02. The highest BCUT2D eigenvalue weighted by Crippen LogP contribution is 2.36. The maximum atomic E-state index is 12.5. The number of benzene rings is 1. The fourth-order valence-corrected chi connectivity index (χ4v) is 3.38. The summed E-state index contributed by atoms with van der Waals surface area (Å²) in [7, 11) is 0. The van der Waals surface area contributed by atoms with Crippen molar-refractivity contribution in [1.29, 1.82) is 0 Å². The van der Waals surface area contributed by atoms with E-state index in [4.69, 9.17) is 16.6 Å². The molecular formula is C16H10NO4S2-. The average molecular weight is 344 g/mol. The van der Waals surface area contributed by atoms with E-state index in [1.165, 1.54) is 40.9 Å². The van der Waals surface area contributed by atoms with Gasteiger partial charge >= 0.3 is 0 Å². The predicted molar refractivity (Wildman–Crippen MR) is 89.9 cm³/mol. The standard InChI is InChI=1S/C16H11NO4S2/c1-9-2-7-12(21-9)8-13-14(18)17(16(22)23-13)11-5-3-10(4-6-11)15(19)20/h2-8H,1H3,(H,19,20)/p-1/b13-8-. The summed E-state index contributed by atoms with van der Waals surface area (Å²) < 4.78 is 5.82. The third-order valence-corrected chi connectivity index (χ3v) is 4.49. The minimum Gasteiger partial charge on any atom is -0.545 e. The van der Waals surface area contributed by atoms with Gasteiger partial charge in [0.05, 0.1) is 16.6 Å². The van der Waals surface area contributed by atoms with Gasteiger partial charge in [-0.1, -0.05) is 36.1 Å². The van der Waals surface area contributed by atoms with Crippen LogP contribution in [0.4, 0.5) is 5.69 Å². The highest BCUT2D eigenvalue weighted by molar-refractivity contribution is 8.27. The van der Waals surface area contributed by atoms with Gasteiger partial charge in [-0.05, 0) is 36.8 Å². The van der Waals surface area contributed by atoms with E-state index in [1.807, 2.05) is 13.0 Å². The molecule has 0 bridgehead atoms. The van der Waals surface area contributed by atoms with E-state index in [9.17, 15) is 14.7 Å². The van der Waals surface area contributed by atoms with Crippen molar-refractivity contribution in [2.24, 2.45) is 0 Å². The van der Waals surface area contributed by atoms with Crippen molar-refractivity contribution in [3.63, 3.8) is 0 Å². The Labute approximate surface area is 141 Å². The van der Waals surface area contributed by atoms with E-state index in [0.29, 0.717) is 20.7 Å². The van der Waals surface area contributed by atoms with Crippen molar-refractivity contribution >= 4 is 51.9 Å². The maximum absolute atomic E-state index is 12.5. The quantitative estimate of drug-likeness (QED) is 0.629. The summed E-state index contributed by atoms with van der Waals surface area (Å²) in [5.74, 6) is -0.204. The first-order valence-electron chi connectivity index (χ1n) is 6.61. The van der Waals surface area contributed by atoms with Crippen LogP contribution in [0.3, 0.4) is 0 Å². The minimum absolute atomic E-state index is 0.0424. The van der Waals surface area contributed by atoms with Gasteiger partial charge in [0.25, 0.3) is 5.91 Å². The van der Waals surface area contributed by atoms with Crippen molar-refractivity contribution < 1.29 is 19.1 Å². The molecule has 1 saturated heterocycles. The number of hydrogen-bond acceptors (Lipinski definition) is 6. The van der Waals surface area contributed by atoms with Crippen molar-refractivity contribution in [3.05, 3.63) is 58.4 Å². The number of carbonyl (C=O) groups is 2. The summed E-state index contributed by atoms with van der Waals surface area (Å²) in [5, 5.41) is 10.8. The first kappa shape index (κ1) is 15.5. The fourth-order valence-electron chi connectivity index (χ4n) is 2.10. The maximum Gasteiger partial charge on any atom is 0.270 e. The van der Waals surface area contributed by atoms with Crippen molar-refractivity contribution in [2.45, 2.75) is 6.92 Å². The van der Waals surface area contributed by atoms with Crippen LogP contribution in [-0.2, 0) is 4.79 Å². The van der Waals surface area contributed by atoms with Crippen LogP contribution < -0.4 is 10.0 Å². The molecule has 116 valence electrons. The Balaban J connectivity index is 1.89. The minimum atomic E-state index is -1.27. The average Bonchev–Trinajstić information content (AvgIpc) is 3.03. The number of carbonyl (C=O) groups excluding carboxylic acids is 2. The van der Waals surface area contributed by atoms with Gasteiger partial charge in [-0.3, -0.25) is 9.69 Å². The molecule has 1 fully saturated rings. The van der Waals surface area contributed by atoms with Crippen LogP contribution in [0.15, 0.2) is 45.7 Å². The molecule has 0 N–H and O–H groups in total. The number of nitrogens with zero attached hydrogens (tertiary/aromatic N) is 1. The highest BCUT2D eigenvalue weighted by atomic mass is 32.2. The molecule has 23 heavy (non-hydrogen) atoms. The smallest absolute Gasteiger partial charge is 0.270 e. The normalized spacial score (nSPS) is 16.4. The summed E-state index contributed by atoms with van der Waals surface area (Å²) in [5.41, 5.74) is 0.553. The lowest BCUT2D eigenvalue weighted by atomic mass is 10.2. The van der Waals surface area contributed by atoms with Gasteiger partial charge in [0.1, 0.15) is 11.5 Å². The number of thiocarbonyl (C=S) groups is 1. The van der Waals surface area contributed by atoms with Crippen LogP contribution in [0.25, 0.3) is 6.08 Å². The Morgan fingerprint density at radius 3 is 2.52 bits per heavy atom. The first-order valence-corrected chi connectivity index (χ1v) is 7.84. The van der Waals surface area contributed by atoms with E-state index in [1.54, 1.807) is 12.1 Å². The van der Waals surface area contributed by atoms with Gasteiger partial charge in [-0.15, -0.1) is 0 Å². The molecule has 0 atom stereocenters. The number of aryl methyl sites for hydroxylation is 1. The van der Waals surface area contributed by atoms with Crippen molar-refractivity contribution in [3.8, 4) is 0 Å². The van der Waals surface area contributed by atoms with Crippen LogP contribution in [0.2, 0.25) is 0 Å². The van der Waals surface area contributed by atoms with Crippen molar-refractivity contribution in [1.82, 2.24) is 0 Å². The molecule has 0 saturated carbocycles. The molecule has 7 heteroatoms. The van der Waals surface area contributed by atoms with Gasteiger partial charge in [0, 0.05) is 6.08 Å². The van der Waals surface area contributed by atoms with E-state index >= 15 is 0 Å². The van der Waals surface area contributed by atoms with E-state index in [2.05, 4.69) is 0 Å². The molecule has 1 aliphatic rings. The second-order valence-electron chi connectivity index (χ2n) is 4.80. The number of carboxylic acids is 1. The molecule has 1 aliphatic heterocycles. The Bertz CT molecular complexity index is 836. The summed E-state index contributed by atoms with van der Waals surface area (Å²) in [6.45, 7) is 1.82. The highest BCUT2D eigenvalue weighted by Gasteiger charge is 2.33.